The molecule has 1 N–H and O–H groups in total. The highest BCUT2D eigenvalue weighted by molar-refractivity contribution is 4.85. The minimum atomic E-state index is 0.669. The van der Waals surface area contributed by atoms with Gasteiger partial charge in [0.1, 0.15) is 0 Å². The topological polar surface area (TPSA) is 15.3 Å². The monoisotopic (exact) mass is 156 g/mol. The van der Waals surface area contributed by atoms with Gasteiger partial charge in [-0.15, -0.1) is 0 Å². The lowest BCUT2D eigenvalue weighted by Gasteiger charge is -2.30. The highest BCUT2D eigenvalue weighted by atomic mass is 15.2. The number of nitrogens with zero attached hydrogens (tertiary/aromatic N) is 1. The molecule has 1 aliphatic heterocycles. The van der Waals surface area contributed by atoms with Gasteiger partial charge in [-0.05, 0) is 33.4 Å². The standard InChI is InChI=1S/C9H20N2/c1-7(2)11(4)9-6-10-5-8(9)3/h7-10H,5-6H2,1-4H3. The maximum atomic E-state index is 3.42. The third-order valence-corrected chi connectivity index (χ3v) is 2.81. The van der Waals surface area contributed by atoms with Gasteiger partial charge in [0, 0.05) is 18.6 Å². The molecule has 0 aromatic rings. The van der Waals surface area contributed by atoms with Crippen LogP contribution in [0.4, 0.5) is 0 Å². The lowest BCUT2D eigenvalue weighted by atomic mass is 10.0. The highest BCUT2D eigenvalue weighted by Crippen LogP contribution is 2.15. The summed E-state index contributed by atoms with van der Waals surface area (Å²) in [6, 6.07) is 1.41. The van der Waals surface area contributed by atoms with Gasteiger partial charge in [0.25, 0.3) is 0 Å². The zero-order valence-electron chi connectivity index (χ0n) is 8.09. The summed E-state index contributed by atoms with van der Waals surface area (Å²) in [5.41, 5.74) is 0. The van der Waals surface area contributed by atoms with Crippen LogP contribution >= 0.6 is 0 Å². The van der Waals surface area contributed by atoms with Gasteiger partial charge in [-0.25, -0.2) is 0 Å². The van der Waals surface area contributed by atoms with Gasteiger partial charge in [-0.2, -0.15) is 0 Å². The molecular formula is C9H20N2. The van der Waals surface area contributed by atoms with E-state index in [1.165, 1.54) is 6.54 Å². The number of hydrogen-bond acceptors (Lipinski definition) is 2. The Morgan fingerprint density at radius 1 is 1.36 bits per heavy atom. The molecule has 1 heterocycles. The molecule has 1 saturated heterocycles. The van der Waals surface area contributed by atoms with Gasteiger partial charge in [-0.3, -0.25) is 4.90 Å². The van der Waals surface area contributed by atoms with Gasteiger partial charge in [0.05, 0.1) is 0 Å². The van der Waals surface area contributed by atoms with Crippen LogP contribution in [0.15, 0.2) is 0 Å². The van der Waals surface area contributed by atoms with Crippen molar-refractivity contribution in [2.75, 3.05) is 20.1 Å². The molecule has 0 aromatic carbocycles. The molecule has 1 rings (SSSR count). The van der Waals surface area contributed by atoms with Crippen molar-refractivity contribution in [2.45, 2.75) is 32.9 Å². The Balaban J connectivity index is 2.45. The quantitative estimate of drug-likeness (QED) is 0.640. The lowest BCUT2D eigenvalue weighted by molar-refractivity contribution is 0.177. The van der Waals surface area contributed by atoms with Crippen LogP contribution in [-0.4, -0.2) is 37.1 Å². The third-order valence-electron chi connectivity index (χ3n) is 2.81. The predicted octanol–water partition coefficient (Wildman–Crippen LogP) is 0.934. The smallest absolute Gasteiger partial charge is 0.0257 e. The normalized spacial score (nSPS) is 32.2. The molecule has 1 fully saturated rings. The highest BCUT2D eigenvalue weighted by Gasteiger charge is 2.27. The first-order valence-electron chi connectivity index (χ1n) is 4.55. The summed E-state index contributed by atoms with van der Waals surface area (Å²) in [6.45, 7) is 9.18. The Morgan fingerprint density at radius 2 is 2.00 bits per heavy atom. The zero-order valence-corrected chi connectivity index (χ0v) is 8.09. The molecule has 2 heteroatoms. The molecule has 2 atom stereocenters. The second-order valence-electron chi connectivity index (χ2n) is 3.96. The molecule has 1 aliphatic rings. The van der Waals surface area contributed by atoms with Gasteiger partial charge < -0.3 is 5.32 Å². The maximum absolute atomic E-state index is 3.42. The Morgan fingerprint density at radius 3 is 2.36 bits per heavy atom. The van der Waals surface area contributed by atoms with E-state index >= 15 is 0 Å². The van der Waals surface area contributed by atoms with Crippen LogP contribution in [0.3, 0.4) is 0 Å². The van der Waals surface area contributed by atoms with Gasteiger partial charge >= 0.3 is 0 Å². The molecule has 0 bridgehead atoms. The molecule has 11 heavy (non-hydrogen) atoms. The van der Waals surface area contributed by atoms with E-state index < -0.39 is 0 Å². The van der Waals surface area contributed by atoms with E-state index in [4.69, 9.17) is 0 Å². The van der Waals surface area contributed by atoms with E-state index in [0.29, 0.717) is 6.04 Å². The van der Waals surface area contributed by atoms with Crippen molar-refractivity contribution in [2.24, 2.45) is 5.92 Å². The number of hydrogen-bond donors (Lipinski definition) is 1. The van der Waals surface area contributed by atoms with Crippen molar-refractivity contribution < 1.29 is 0 Å². The minimum absolute atomic E-state index is 0.669. The van der Waals surface area contributed by atoms with Crippen LogP contribution in [0.2, 0.25) is 0 Å². The molecule has 0 spiro atoms. The number of nitrogens with one attached hydrogen (secondary N) is 1. The van der Waals surface area contributed by atoms with Crippen molar-refractivity contribution in [3.05, 3.63) is 0 Å². The molecule has 0 saturated carbocycles. The molecule has 0 radical (unpaired) electrons. The number of rotatable bonds is 2. The minimum Gasteiger partial charge on any atom is -0.315 e. The first-order valence-corrected chi connectivity index (χ1v) is 4.55. The van der Waals surface area contributed by atoms with Crippen molar-refractivity contribution in [3.63, 3.8) is 0 Å². The summed E-state index contributed by atoms with van der Waals surface area (Å²) in [5.74, 6) is 0.808. The third kappa shape index (κ3) is 1.94. The van der Waals surface area contributed by atoms with Crippen molar-refractivity contribution in [1.29, 1.82) is 0 Å². The Labute approximate surface area is 70.0 Å². The summed E-state index contributed by atoms with van der Waals surface area (Å²) in [7, 11) is 2.22. The molecule has 0 aliphatic carbocycles. The number of likely N-dealkylation sites (N-methyl/N-ethyl adjacent to an activating group) is 1. The second kappa shape index (κ2) is 3.55. The van der Waals surface area contributed by atoms with Crippen LogP contribution in [0.5, 0.6) is 0 Å². The van der Waals surface area contributed by atoms with Crippen LogP contribution in [0.1, 0.15) is 20.8 Å². The fourth-order valence-corrected chi connectivity index (χ4v) is 1.72. The van der Waals surface area contributed by atoms with Gasteiger partial charge in [-0.1, -0.05) is 6.92 Å². The molecule has 66 valence electrons. The SMILES string of the molecule is CC1CNCC1N(C)C(C)C. The fraction of sp³-hybridized carbons (Fsp3) is 1.00. The Bertz CT molecular complexity index is 123. The Hall–Kier alpha value is -0.0800. The molecular weight excluding hydrogens is 136 g/mol. The van der Waals surface area contributed by atoms with E-state index in [-0.39, 0.29) is 0 Å². The molecule has 0 aromatic heterocycles. The first-order chi connectivity index (χ1) is 5.13. The summed E-state index contributed by atoms with van der Waals surface area (Å²) in [5, 5.41) is 3.42. The van der Waals surface area contributed by atoms with E-state index in [1.807, 2.05) is 0 Å². The van der Waals surface area contributed by atoms with Gasteiger partial charge in [0.15, 0.2) is 0 Å². The van der Waals surface area contributed by atoms with Gasteiger partial charge in [0.2, 0.25) is 0 Å². The lowest BCUT2D eigenvalue weighted by Crippen LogP contribution is -2.41. The summed E-state index contributed by atoms with van der Waals surface area (Å²) < 4.78 is 0. The maximum Gasteiger partial charge on any atom is 0.0257 e. The van der Waals surface area contributed by atoms with E-state index in [9.17, 15) is 0 Å². The molecule has 2 unspecified atom stereocenters. The molecule has 0 amide bonds. The zero-order chi connectivity index (χ0) is 8.43. The van der Waals surface area contributed by atoms with E-state index in [0.717, 1.165) is 18.5 Å². The summed E-state index contributed by atoms with van der Waals surface area (Å²) >= 11 is 0. The largest absolute Gasteiger partial charge is 0.315 e. The first kappa shape index (κ1) is 9.01. The second-order valence-corrected chi connectivity index (χ2v) is 3.96. The van der Waals surface area contributed by atoms with Crippen molar-refractivity contribution in [3.8, 4) is 0 Å². The van der Waals surface area contributed by atoms with Crippen LogP contribution in [0, 0.1) is 5.92 Å². The fourth-order valence-electron chi connectivity index (χ4n) is 1.72. The Kier molecular flexibility index (Phi) is 2.90. The van der Waals surface area contributed by atoms with E-state index in [1.54, 1.807) is 0 Å². The van der Waals surface area contributed by atoms with Crippen molar-refractivity contribution >= 4 is 0 Å². The molecule has 2 nitrogen and oxygen atoms in total. The van der Waals surface area contributed by atoms with Crippen LogP contribution in [0.25, 0.3) is 0 Å². The van der Waals surface area contributed by atoms with E-state index in [2.05, 4.69) is 38.0 Å². The average molecular weight is 156 g/mol. The summed E-state index contributed by atoms with van der Waals surface area (Å²) in [4.78, 5) is 2.46. The van der Waals surface area contributed by atoms with Crippen LogP contribution < -0.4 is 5.32 Å². The predicted molar refractivity (Wildman–Crippen MR) is 48.7 cm³/mol. The summed E-state index contributed by atoms with van der Waals surface area (Å²) in [6.07, 6.45) is 0. The average Bonchev–Trinajstić information content (AvgIpc) is 2.33. The van der Waals surface area contributed by atoms with Crippen LogP contribution in [-0.2, 0) is 0 Å². The van der Waals surface area contributed by atoms with Crippen molar-refractivity contribution in [1.82, 2.24) is 10.2 Å².